The molecule has 0 unspecified atom stereocenters. The lowest BCUT2D eigenvalue weighted by Crippen LogP contribution is -2.46. The van der Waals surface area contributed by atoms with Gasteiger partial charge in [0.2, 0.25) is 5.91 Å². The summed E-state index contributed by atoms with van der Waals surface area (Å²) in [4.78, 5) is 17.2. The fourth-order valence-electron chi connectivity index (χ4n) is 3.86. The van der Waals surface area contributed by atoms with Gasteiger partial charge in [-0.15, -0.1) is 0 Å². The van der Waals surface area contributed by atoms with Gasteiger partial charge in [-0.3, -0.25) is 9.69 Å². The van der Waals surface area contributed by atoms with E-state index in [9.17, 15) is 4.79 Å². The summed E-state index contributed by atoms with van der Waals surface area (Å²) in [7, 11) is 0. The van der Waals surface area contributed by atoms with Crippen LogP contribution in [0.15, 0.2) is 42.5 Å². The molecule has 1 atom stereocenters. The molecule has 0 bridgehead atoms. The summed E-state index contributed by atoms with van der Waals surface area (Å²) in [5.41, 5.74) is 1.41. The SMILES string of the molecule is O=C(NCCCCN1CCN(Cc2ccccc2)CC1)[C@@H]1CC=CCC1. The number of allylic oxidation sites excluding steroid dienone is 2. The summed E-state index contributed by atoms with van der Waals surface area (Å²) >= 11 is 0. The molecule has 0 aromatic heterocycles. The molecular formula is C22H33N3O. The van der Waals surface area contributed by atoms with E-state index < -0.39 is 0 Å². The molecule has 1 N–H and O–H groups in total. The minimum atomic E-state index is 0.206. The van der Waals surface area contributed by atoms with Crippen molar-refractivity contribution in [2.24, 2.45) is 5.92 Å². The lowest BCUT2D eigenvalue weighted by atomic mass is 9.94. The minimum absolute atomic E-state index is 0.206. The topological polar surface area (TPSA) is 35.6 Å². The van der Waals surface area contributed by atoms with Crippen LogP contribution in [0.3, 0.4) is 0 Å². The van der Waals surface area contributed by atoms with E-state index in [4.69, 9.17) is 0 Å². The van der Waals surface area contributed by atoms with Crippen LogP contribution >= 0.6 is 0 Å². The maximum Gasteiger partial charge on any atom is 0.223 e. The van der Waals surface area contributed by atoms with Gasteiger partial charge in [-0.05, 0) is 44.2 Å². The van der Waals surface area contributed by atoms with Gasteiger partial charge < -0.3 is 10.2 Å². The van der Waals surface area contributed by atoms with Crippen LogP contribution in [0.2, 0.25) is 0 Å². The molecule has 3 rings (SSSR count). The molecule has 2 aliphatic rings. The Hall–Kier alpha value is -1.65. The Morgan fingerprint density at radius 3 is 2.50 bits per heavy atom. The Bertz CT molecular complexity index is 564. The highest BCUT2D eigenvalue weighted by molar-refractivity contribution is 5.78. The fraction of sp³-hybridized carbons (Fsp3) is 0.591. The second-order valence-electron chi connectivity index (χ2n) is 7.58. The first-order valence-electron chi connectivity index (χ1n) is 10.2. The third kappa shape index (κ3) is 6.26. The summed E-state index contributed by atoms with van der Waals surface area (Å²) in [6, 6.07) is 10.7. The van der Waals surface area contributed by atoms with Gasteiger partial charge in [0, 0.05) is 45.2 Å². The Labute approximate surface area is 158 Å². The van der Waals surface area contributed by atoms with Gasteiger partial charge in [-0.2, -0.15) is 0 Å². The predicted molar refractivity (Wildman–Crippen MR) is 107 cm³/mol. The highest BCUT2D eigenvalue weighted by Crippen LogP contribution is 2.18. The zero-order valence-corrected chi connectivity index (χ0v) is 15.9. The second kappa shape index (κ2) is 10.5. The van der Waals surface area contributed by atoms with E-state index in [2.05, 4.69) is 57.6 Å². The molecular weight excluding hydrogens is 322 g/mol. The van der Waals surface area contributed by atoms with Crippen molar-refractivity contribution in [3.63, 3.8) is 0 Å². The summed E-state index contributed by atoms with van der Waals surface area (Å²) in [6.07, 6.45) is 9.56. The number of rotatable bonds is 8. The molecule has 1 saturated heterocycles. The highest BCUT2D eigenvalue weighted by atomic mass is 16.1. The number of amides is 1. The minimum Gasteiger partial charge on any atom is -0.356 e. The predicted octanol–water partition coefficient (Wildman–Crippen LogP) is 3.06. The number of benzene rings is 1. The smallest absolute Gasteiger partial charge is 0.223 e. The van der Waals surface area contributed by atoms with Crippen LogP contribution in [0, 0.1) is 5.92 Å². The maximum atomic E-state index is 12.1. The van der Waals surface area contributed by atoms with Gasteiger partial charge in [-0.1, -0.05) is 42.5 Å². The lowest BCUT2D eigenvalue weighted by molar-refractivity contribution is -0.125. The molecule has 26 heavy (non-hydrogen) atoms. The van der Waals surface area contributed by atoms with Crippen LogP contribution < -0.4 is 5.32 Å². The summed E-state index contributed by atoms with van der Waals surface area (Å²) < 4.78 is 0. The van der Waals surface area contributed by atoms with Gasteiger partial charge in [0.05, 0.1) is 0 Å². The molecule has 0 spiro atoms. The second-order valence-corrected chi connectivity index (χ2v) is 7.58. The third-order valence-electron chi connectivity index (χ3n) is 5.55. The fourth-order valence-corrected chi connectivity index (χ4v) is 3.86. The van der Waals surface area contributed by atoms with Crippen molar-refractivity contribution in [1.29, 1.82) is 0 Å². The van der Waals surface area contributed by atoms with E-state index in [1.807, 2.05) is 0 Å². The Kier molecular flexibility index (Phi) is 7.71. The first-order valence-corrected chi connectivity index (χ1v) is 10.2. The van der Waals surface area contributed by atoms with Crippen molar-refractivity contribution in [2.45, 2.75) is 38.6 Å². The standard InChI is InChI=1S/C22H33N3O/c26-22(21-11-5-2-6-12-21)23-13-7-8-14-24-15-17-25(18-16-24)19-20-9-3-1-4-10-20/h1-5,9-10,21H,6-8,11-19H2,(H,23,26)/t21-/m1/s1. The average molecular weight is 356 g/mol. The number of piperazine rings is 1. The van der Waals surface area contributed by atoms with E-state index in [-0.39, 0.29) is 11.8 Å². The number of nitrogens with one attached hydrogen (secondary N) is 1. The third-order valence-corrected chi connectivity index (χ3v) is 5.55. The zero-order valence-electron chi connectivity index (χ0n) is 15.9. The van der Waals surface area contributed by atoms with Crippen molar-refractivity contribution in [2.75, 3.05) is 39.3 Å². The van der Waals surface area contributed by atoms with Crippen molar-refractivity contribution >= 4 is 5.91 Å². The Balaban J connectivity index is 1.23. The van der Waals surface area contributed by atoms with Crippen molar-refractivity contribution in [3.05, 3.63) is 48.0 Å². The number of carbonyl (C=O) groups excluding carboxylic acids is 1. The summed E-state index contributed by atoms with van der Waals surface area (Å²) in [5, 5.41) is 3.12. The van der Waals surface area contributed by atoms with Crippen molar-refractivity contribution < 1.29 is 4.79 Å². The number of nitrogens with zero attached hydrogens (tertiary/aromatic N) is 2. The van der Waals surface area contributed by atoms with Crippen LogP contribution in [0.25, 0.3) is 0 Å². The maximum absolute atomic E-state index is 12.1. The van der Waals surface area contributed by atoms with Gasteiger partial charge in [0.1, 0.15) is 0 Å². The van der Waals surface area contributed by atoms with E-state index in [0.29, 0.717) is 0 Å². The van der Waals surface area contributed by atoms with Gasteiger partial charge in [-0.25, -0.2) is 0 Å². The average Bonchev–Trinajstić information content (AvgIpc) is 2.70. The van der Waals surface area contributed by atoms with Crippen LogP contribution in [-0.4, -0.2) is 55.0 Å². The molecule has 1 aromatic carbocycles. The Morgan fingerprint density at radius 2 is 1.77 bits per heavy atom. The molecule has 4 heteroatoms. The van der Waals surface area contributed by atoms with Gasteiger partial charge in [0.25, 0.3) is 0 Å². The van der Waals surface area contributed by atoms with Crippen molar-refractivity contribution in [3.8, 4) is 0 Å². The molecule has 1 heterocycles. The molecule has 1 fully saturated rings. The van der Waals surface area contributed by atoms with E-state index in [0.717, 1.165) is 71.5 Å². The molecule has 1 aliphatic carbocycles. The van der Waals surface area contributed by atoms with Crippen LogP contribution in [0.4, 0.5) is 0 Å². The zero-order chi connectivity index (χ0) is 18.0. The van der Waals surface area contributed by atoms with E-state index in [1.54, 1.807) is 0 Å². The number of carbonyl (C=O) groups is 1. The first-order chi connectivity index (χ1) is 12.8. The van der Waals surface area contributed by atoms with Crippen LogP contribution in [0.1, 0.15) is 37.7 Å². The first kappa shape index (κ1) is 19.1. The number of unbranched alkanes of at least 4 members (excludes halogenated alkanes) is 1. The molecule has 1 aromatic rings. The van der Waals surface area contributed by atoms with Crippen molar-refractivity contribution in [1.82, 2.24) is 15.1 Å². The normalized spacial score (nSPS) is 21.6. The number of hydrogen-bond donors (Lipinski definition) is 1. The largest absolute Gasteiger partial charge is 0.356 e. The summed E-state index contributed by atoms with van der Waals surface area (Å²) in [5.74, 6) is 0.460. The summed E-state index contributed by atoms with van der Waals surface area (Å²) in [6.45, 7) is 7.67. The molecule has 1 aliphatic heterocycles. The van der Waals surface area contributed by atoms with Gasteiger partial charge >= 0.3 is 0 Å². The van der Waals surface area contributed by atoms with E-state index >= 15 is 0 Å². The lowest BCUT2D eigenvalue weighted by Gasteiger charge is -2.34. The highest BCUT2D eigenvalue weighted by Gasteiger charge is 2.18. The molecule has 0 radical (unpaired) electrons. The van der Waals surface area contributed by atoms with E-state index in [1.165, 1.54) is 12.0 Å². The molecule has 0 saturated carbocycles. The number of hydrogen-bond acceptors (Lipinski definition) is 3. The van der Waals surface area contributed by atoms with Crippen LogP contribution in [-0.2, 0) is 11.3 Å². The van der Waals surface area contributed by atoms with Crippen LogP contribution in [0.5, 0.6) is 0 Å². The van der Waals surface area contributed by atoms with Gasteiger partial charge in [0.15, 0.2) is 0 Å². The quantitative estimate of drug-likeness (QED) is 0.575. The molecule has 142 valence electrons. The monoisotopic (exact) mass is 355 g/mol. The molecule has 1 amide bonds. The molecule has 4 nitrogen and oxygen atoms in total. The Morgan fingerprint density at radius 1 is 1.00 bits per heavy atom.